The molecule has 0 atom stereocenters. The molecule has 1 aliphatic rings. The van der Waals surface area contributed by atoms with E-state index in [1.807, 2.05) is 23.1 Å². The molecule has 1 aliphatic heterocycles. The minimum absolute atomic E-state index is 0.145. The average molecular weight is 543 g/mol. The van der Waals surface area contributed by atoms with Crippen LogP contribution in [0.1, 0.15) is 29.9 Å². The molecule has 1 saturated heterocycles. The van der Waals surface area contributed by atoms with Crippen LogP contribution in [0.2, 0.25) is 0 Å². The van der Waals surface area contributed by atoms with Gasteiger partial charge in [0.1, 0.15) is 29.2 Å². The van der Waals surface area contributed by atoms with Crippen LogP contribution in [-0.4, -0.2) is 44.5 Å². The molecule has 2 aromatic carbocycles. The normalized spacial score (nSPS) is 13.9. The molecule has 5 aromatic rings. The molecule has 0 spiro atoms. The molecule has 9 nitrogen and oxygen atoms in total. The first-order valence-corrected chi connectivity index (χ1v) is 12.8. The number of piperidine rings is 1. The van der Waals surface area contributed by atoms with E-state index in [0.29, 0.717) is 48.0 Å². The van der Waals surface area contributed by atoms with E-state index in [1.165, 1.54) is 12.3 Å². The first-order valence-electron chi connectivity index (χ1n) is 12.8. The second-order valence-corrected chi connectivity index (χ2v) is 9.43. The highest BCUT2D eigenvalue weighted by Gasteiger charge is 2.26. The molecular weight excluding hydrogens is 518 g/mol. The van der Waals surface area contributed by atoms with E-state index >= 15 is 0 Å². The van der Waals surface area contributed by atoms with Gasteiger partial charge < -0.3 is 14.2 Å². The Morgan fingerprint density at radius 1 is 1.00 bits per heavy atom. The van der Waals surface area contributed by atoms with Gasteiger partial charge in [-0.25, -0.2) is 18.7 Å². The summed E-state index contributed by atoms with van der Waals surface area (Å²) in [6, 6.07) is 17.3. The molecule has 11 heteroatoms. The SMILES string of the molecule is O=COc1ccccc1C1CCN(c2nc(-c3cc(-c4ccon4)n(Cc4ccccc4F)n3)ncc2F)CC1. The van der Waals surface area contributed by atoms with Gasteiger partial charge in [-0.15, -0.1) is 0 Å². The van der Waals surface area contributed by atoms with Gasteiger partial charge in [-0.05, 0) is 42.5 Å². The number of carbonyl (C=O) groups excluding carboxylic acids is 1. The lowest BCUT2D eigenvalue weighted by Gasteiger charge is -2.33. The monoisotopic (exact) mass is 542 g/mol. The average Bonchev–Trinajstić information content (AvgIpc) is 3.66. The van der Waals surface area contributed by atoms with Crippen LogP contribution in [0.3, 0.4) is 0 Å². The summed E-state index contributed by atoms with van der Waals surface area (Å²) < 4.78 is 41.2. The van der Waals surface area contributed by atoms with Crippen LogP contribution in [0.15, 0.2) is 77.6 Å². The number of carbonyl (C=O) groups is 1. The van der Waals surface area contributed by atoms with E-state index < -0.39 is 5.82 Å². The van der Waals surface area contributed by atoms with Gasteiger partial charge in [-0.1, -0.05) is 41.6 Å². The molecule has 0 amide bonds. The molecule has 0 radical (unpaired) electrons. The van der Waals surface area contributed by atoms with E-state index in [9.17, 15) is 13.6 Å². The third-order valence-electron chi connectivity index (χ3n) is 7.04. The van der Waals surface area contributed by atoms with Crippen molar-refractivity contribution in [1.29, 1.82) is 0 Å². The Kier molecular flexibility index (Phi) is 7.00. The van der Waals surface area contributed by atoms with E-state index in [4.69, 9.17) is 9.26 Å². The number of hydrogen-bond donors (Lipinski definition) is 0. The maximum absolute atomic E-state index is 15.0. The van der Waals surface area contributed by atoms with Crippen molar-refractivity contribution in [1.82, 2.24) is 24.9 Å². The summed E-state index contributed by atoms with van der Waals surface area (Å²) in [7, 11) is 0. The molecule has 0 aliphatic carbocycles. The van der Waals surface area contributed by atoms with Crippen LogP contribution >= 0.6 is 0 Å². The predicted molar refractivity (Wildman–Crippen MR) is 142 cm³/mol. The number of para-hydroxylation sites is 1. The van der Waals surface area contributed by atoms with Gasteiger partial charge in [0.05, 0.1) is 18.4 Å². The van der Waals surface area contributed by atoms with Gasteiger partial charge in [-0.3, -0.25) is 9.48 Å². The quantitative estimate of drug-likeness (QED) is 0.246. The van der Waals surface area contributed by atoms with Gasteiger partial charge in [-0.2, -0.15) is 5.10 Å². The van der Waals surface area contributed by atoms with Gasteiger partial charge in [0.2, 0.25) is 0 Å². The summed E-state index contributed by atoms with van der Waals surface area (Å²) in [5.74, 6) is 0.244. The highest BCUT2D eigenvalue weighted by atomic mass is 19.1. The van der Waals surface area contributed by atoms with Gasteiger partial charge in [0, 0.05) is 24.7 Å². The van der Waals surface area contributed by atoms with Crippen LogP contribution in [0, 0.1) is 11.6 Å². The van der Waals surface area contributed by atoms with Crippen LogP contribution in [0.25, 0.3) is 22.9 Å². The Bertz CT molecular complexity index is 1630. The summed E-state index contributed by atoms with van der Waals surface area (Å²) in [6.07, 6.45) is 4.04. The lowest BCUT2D eigenvalue weighted by Crippen LogP contribution is -2.34. The number of rotatable bonds is 8. The fraction of sp³-hybridized carbons (Fsp3) is 0.207. The minimum atomic E-state index is -0.533. The fourth-order valence-corrected chi connectivity index (χ4v) is 5.07. The molecule has 4 heterocycles. The molecule has 0 unspecified atom stereocenters. The van der Waals surface area contributed by atoms with Crippen LogP contribution < -0.4 is 9.64 Å². The van der Waals surface area contributed by atoms with E-state index in [0.717, 1.165) is 24.6 Å². The number of ether oxygens (including phenoxy) is 1. The zero-order valence-electron chi connectivity index (χ0n) is 21.3. The van der Waals surface area contributed by atoms with Crippen molar-refractivity contribution in [2.24, 2.45) is 0 Å². The summed E-state index contributed by atoms with van der Waals surface area (Å²) in [4.78, 5) is 21.5. The predicted octanol–water partition coefficient (Wildman–Crippen LogP) is 5.24. The first kappa shape index (κ1) is 25.4. The zero-order valence-corrected chi connectivity index (χ0v) is 21.3. The highest BCUT2D eigenvalue weighted by Crippen LogP contribution is 2.36. The molecule has 3 aromatic heterocycles. The van der Waals surface area contributed by atoms with E-state index in [1.54, 1.807) is 41.1 Å². The first-order chi connectivity index (χ1) is 19.6. The van der Waals surface area contributed by atoms with Crippen molar-refractivity contribution in [2.75, 3.05) is 18.0 Å². The van der Waals surface area contributed by atoms with Crippen molar-refractivity contribution in [2.45, 2.75) is 25.3 Å². The summed E-state index contributed by atoms with van der Waals surface area (Å²) in [5.41, 5.74) is 2.90. The standard InChI is InChI=1S/C29H24F2N6O3/c30-22-7-3-1-5-20(22)17-37-26(24-11-14-40-35-24)15-25(34-37)28-32-16-23(31)29(33-28)36-12-9-19(10-13-36)21-6-2-4-8-27(21)39-18-38/h1-8,11,14-16,18-19H,9-10,12-13,17H2. The van der Waals surface area contributed by atoms with Crippen LogP contribution in [0.4, 0.5) is 14.6 Å². The smallest absolute Gasteiger partial charge is 0.298 e. The van der Waals surface area contributed by atoms with Crippen LogP contribution in [0.5, 0.6) is 5.75 Å². The van der Waals surface area contributed by atoms with Gasteiger partial charge in [0.15, 0.2) is 17.5 Å². The molecule has 1 fully saturated rings. The lowest BCUT2D eigenvalue weighted by atomic mass is 9.89. The number of aromatic nitrogens is 5. The van der Waals surface area contributed by atoms with E-state index in [-0.39, 0.29) is 29.9 Å². The highest BCUT2D eigenvalue weighted by molar-refractivity contribution is 5.63. The largest absolute Gasteiger partial charge is 0.428 e. The second-order valence-electron chi connectivity index (χ2n) is 9.43. The van der Waals surface area contributed by atoms with Crippen molar-refractivity contribution in [3.8, 4) is 28.7 Å². The topological polar surface area (TPSA) is 99.2 Å². The molecular formula is C29H24F2N6O3. The van der Waals surface area contributed by atoms with Gasteiger partial charge >= 0.3 is 0 Å². The third-order valence-corrected chi connectivity index (χ3v) is 7.04. The Hall–Kier alpha value is -4.93. The zero-order chi connectivity index (χ0) is 27.5. The maximum atomic E-state index is 15.0. The Balaban J connectivity index is 1.27. The molecule has 0 bridgehead atoms. The Morgan fingerprint density at radius 2 is 1.80 bits per heavy atom. The third kappa shape index (κ3) is 5.05. The maximum Gasteiger partial charge on any atom is 0.298 e. The second kappa shape index (κ2) is 11.0. The summed E-state index contributed by atoms with van der Waals surface area (Å²) >= 11 is 0. The lowest BCUT2D eigenvalue weighted by molar-refractivity contribution is -0.120. The minimum Gasteiger partial charge on any atom is -0.428 e. The molecule has 0 N–H and O–H groups in total. The van der Waals surface area contributed by atoms with Crippen LogP contribution in [-0.2, 0) is 11.3 Å². The van der Waals surface area contributed by atoms with Crippen molar-refractivity contribution < 1.29 is 22.8 Å². The number of anilines is 1. The molecule has 202 valence electrons. The Morgan fingerprint density at radius 3 is 2.58 bits per heavy atom. The van der Waals surface area contributed by atoms with Crippen molar-refractivity contribution in [3.63, 3.8) is 0 Å². The molecule has 0 saturated carbocycles. The number of halogens is 2. The number of hydrogen-bond acceptors (Lipinski definition) is 8. The van der Waals surface area contributed by atoms with Crippen molar-refractivity contribution >= 4 is 12.3 Å². The number of nitrogens with zero attached hydrogens (tertiary/aromatic N) is 6. The fourth-order valence-electron chi connectivity index (χ4n) is 5.07. The molecule has 40 heavy (non-hydrogen) atoms. The summed E-state index contributed by atoms with van der Waals surface area (Å²) in [5, 5.41) is 8.63. The Labute approximate surface area is 228 Å². The number of benzene rings is 2. The van der Waals surface area contributed by atoms with E-state index in [2.05, 4.69) is 20.2 Å². The van der Waals surface area contributed by atoms with Crippen molar-refractivity contribution in [3.05, 3.63) is 95.9 Å². The van der Waals surface area contributed by atoms with Gasteiger partial charge in [0.25, 0.3) is 6.47 Å². The molecule has 6 rings (SSSR count). The summed E-state index contributed by atoms with van der Waals surface area (Å²) in [6.45, 7) is 1.68.